The Hall–Kier alpha value is -4.68. The summed E-state index contributed by atoms with van der Waals surface area (Å²) in [6.07, 6.45) is 3.21. The molecule has 0 aliphatic heterocycles. The zero-order chi connectivity index (χ0) is 39.9. The van der Waals surface area contributed by atoms with Crippen molar-refractivity contribution in [2.75, 3.05) is 0 Å². The van der Waals surface area contributed by atoms with E-state index in [1.54, 1.807) is 0 Å². The van der Waals surface area contributed by atoms with Gasteiger partial charge < -0.3 is 14.0 Å². The van der Waals surface area contributed by atoms with E-state index in [-0.39, 0.29) is 25.5 Å². The van der Waals surface area contributed by atoms with E-state index in [0.717, 1.165) is 62.1 Å². The Labute approximate surface area is 353 Å². The second-order valence-corrected chi connectivity index (χ2v) is 22.9. The van der Waals surface area contributed by atoms with Gasteiger partial charge in [-0.05, 0) is 76.9 Å². The van der Waals surface area contributed by atoms with Crippen LogP contribution in [0.15, 0.2) is 108 Å². The molecule has 8 aromatic rings. The minimum atomic E-state index is -1.37. The number of nitrogens with zero attached hydrogens (tertiary/aromatic N) is 4. The largest absolute Gasteiger partial charge is 0.486 e. The third-order valence-corrected chi connectivity index (χ3v) is 12.4. The van der Waals surface area contributed by atoms with Crippen LogP contribution >= 0.6 is 0 Å². The molecule has 0 N–H and O–H groups in total. The van der Waals surface area contributed by atoms with E-state index in [1.807, 2.05) is 43.3 Å². The summed E-state index contributed by atoms with van der Waals surface area (Å²) in [4.78, 5) is 14.5. The Morgan fingerprint density at radius 2 is 1.47 bits per heavy atom. The van der Waals surface area contributed by atoms with Gasteiger partial charge in [0.1, 0.15) is 0 Å². The van der Waals surface area contributed by atoms with Gasteiger partial charge in [-0.2, -0.15) is 0 Å². The zero-order valence-corrected chi connectivity index (χ0v) is 38.6. The van der Waals surface area contributed by atoms with Crippen LogP contribution in [-0.4, -0.2) is 27.6 Å². The van der Waals surface area contributed by atoms with Gasteiger partial charge in [-0.25, -0.2) is 4.98 Å². The summed E-state index contributed by atoms with van der Waals surface area (Å²) in [5.74, 6) is 1.55. The normalized spacial score (nSPS) is 12.0. The number of hydrogen-bond acceptors (Lipinski definition) is 4. The number of hydrogen-bond donors (Lipinski definition) is 0. The SMILES string of the molecule is CC(C)(C)Cc1cc(-c2[c-]cccc2)ncc1[Si](C)(C)C.Cc1ccc2c(n1)oc1c(-c3nc4ccccc4n3-c3c(C(C)C)cccc3C(C)C)[c-]ccc12.[Ir]. The molecule has 0 saturated carbocycles. The van der Waals surface area contributed by atoms with Crippen LogP contribution < -0.4 is 5.19 Å². The van der Waals surface area contributed by atoms with Crippen LogP contribution in [0.1, 0.15) is 82.7 Å². The maximum atomic E-state index is 6.37. The van der Waals surface area contributed by atoms with Gasteiger partial charge in [0, 0.05) is 43.1 Å². The molecule has 0 bridgehead atoms. The Kier molecular flexibility index (Phi) is 12.3. The molecule has 4 aromatic heterocycles. The molecule has 0 saturated heterocycles. The first-order chi connectivity index (χ1) is 26.6. The van der Waals surface area contributed by atoms with Crippen LogP contribution in [-0.2, 0) is 26.5 Å². The van der Waals surface area contributed by atoms with Crippen LogP contribution in [0.3, 0.4) is 0 Å². The summed E-state index contributed by atoms with van der Waals surface area (Å²) in [6, 6.07) is 40.2. The van der Waals surface area contributed by atoms with Gasteiger partial charge in [-0.15, -0.1) is 54.1 Å². The number of aromatic nitrogens is 4. The van der Waals surface area contributed by atoms with E-state index in [0.29, 0.717) is 17.5 Å². The maximum absolute atomic E-state index is 6.37. The van der Waals surface area contributed by atoms with E-state index >= 15 is 0 Å². The van der Waals surface area contributed by atoms with Crippen LogP contribution in [0.5, 0.6) is 0 Å². The second kappa shape index (κ2) is 16.7. The first-order valence-corrected chi connectivity index (χ1v) is 23.4. The Morgan fingerprint density at radius 3 is 2.12 bits per heavy atom. The van der Waals surface area contributed by atoms with Crippen molar-refractivity contribution in [2.45, 2.75) is 93.3 Å². The Bertz CT molecular complexity index is 2630. The first kappa shape index (κ1) is 41.9. The molecule has 0 unspecified atom stereocenters. The Balaban J connectivity index is 0.000000215. The summed E-state index contributed by atoms with van der Waals surface area (Å²) < 4.78 is 8.68. The van der Waals surface area contributed by atoms with Crippen molar-refractivity contribution in [3.63, 3.8) is 0 Å². The average Bonchev–Trinajstić information content (AvgIpc) is 3.72. The van der Waals surface area contributed by atoms with Crippen LogP contribution in [0.25, 0.3) is 61.4 Å². The second-order valence-electron chi connectivity index (χ2n) is 17.8. The number of rotatable bonds is 7. The number of imidazole rings is 1. The number of benzene rings is 4. The molecule has 0 fully saturated rings. The van der Waals surface area contributed by atoms with Gasteiger partial charge in [0.2, 0.25) is 5.71 Å². The van der Waals surface area contributed by atoms with E-state index in [1.165, 1.54) is 27.6 Å². The fourth-order valence-electron chi connectivity index (χ4n) is 7.66. The zero-order valence-electron chi connectivity index (χ0n) is 35.2. The molecule has 0 spiro atoms. The molecule has 57 heavy (non-hydrogen) atoms. The molecular weight excluding hydrogens is 893 g/mol. The Morgan fingerprint density at radius 1 is 0.772 bits per heavy atom. The molecule has 7 heteroatoms. The first-order valence-electron chi connectivity index (χ1n) is 19.9. The average molecular weight is 947 g/mol. The van der Waals surface area contributed by atoms with Crippen LogP contribution in [0.4, 0.5) is 0 Å². The smallest absolute Gasteiger partial charge is 0.216 e. The summed E-state index contributed by atoms with van der Waals surface area (Å²) >= 11 is 0. The summed E-state index contributed by atoms with van der Waals surface area (Å²) in [5, 5.41) is 3.52. The molecule has 0 aliphatic carbocycles. The molecule has 5 nitrogen and oxygen atoms in total. The minimum Gasteiger partial charge on any atom is -0.486 e. The molecule has 8 rings (SSSR count). The summed E-state index contributed by atoms with van der Waals surface area (Å²) in [7, 11) is -1.37. The van der Waals surface area contributed by atoms with Crippen LogP contribution in [0, 0.1) is 24.5 Å². The van der Waals surface area contributed by atoms with Gasteiger partial charge in [-0.3, -0.25) is 4.98 Å². The molecule has 1 radical (unpaired) electrons. The number of aryl methyl sites for hydroxylation is 1. The van der Waals surface area contributed by atoms with Crippen molar-refractivity contribution in [2.24, 2.45) is 5.41 Å². The number of furan rings is 1. The predicted octanol–water partition coefficient (Wildman–Crippen LogP) is 13.0. The molecule has 0 atom stereocenters. The van der Waals surface area contributed by atoms with Gasteiger partial charge in [0.25, 0.3) is 0 Å². The number of fused-ring (bicyclic) bond motifs is 4. The maximum Gasteiger partial charge on any atom is 0.216 e. The van der Waals surface area contributed by atoms with Gasteiger partial charge >= 0.3 is 0 Å². The van der Waals surface area contributed by atoms with Gasteiger partial charge in [0.15, 0.2) is 0 Å². The van der Waals surface area contributed by atoms with E-state index in [4.69, 9.17) is 14.4 Å². The van der Waals surface area contributed by atoms with Gasteiger partial charge in [-0.1, -0.05) is 121 Å². The van der Waals surface area contributed by atoms with Gasteiger partial charge in [0.05, 0.1) is 30.5 Å². The quantitative estimate of drug-likeness (QED) is 0.118. The van der Waals surface area contributed by atoms with E-state index < -0.39 is 8.07 Å². The fourth-order valence-corrected chi connectivity index (χ4v) is 9.24. The van der Waals surface area contributed by atoms with Crippen molar-refractivity contribution < 1.29 is 24.5 Å². The van der Waals surface area contributed by atoms with Crippen molar-refractivity contribution in [3.05, 3.63) is 138 Å². The third kappa shape index (κ3) is 8.77. The third-order valence-electron chi connectivity index (χ3n) is 10.3. The number of para-hydroxylation sites is 3. The topological polar surface area (TPSA) is 56.7 Å². The molecule has 295 valence electrons. The van der Waals surface area contributed by atoms with Crippen molar-refractivity contribution in [3.8, 4) is 28.3 Å². The van der Waals surface area contributed by atoms with E-state index in [2.05, 4.69) is 157 Å². The standard InChI is InChI=1S/C31H28N3O.C19H26NSi.Ir/c1-18(2)21-10-8-11-22(19(3)4)28(21)34-27-15-7-6-14-26(27)33-30(34)25-13-9-12-23-24-17-16-20(5)32-31(24)35-29(23)25;1-19(2,3)13-16-12-17(15-10-8-7-9-11-15)20-14-18(16)21(4,5)6;/h6-12,14-19H,1-5H3;7-10,12,14H,13H2,1-6H3;/q2*-1;. The molecule has 0 aliphatic rings. The van der Waals surface area contributed by atoms with Crippen LogP contribution in [0.2, 0.25) is 19.6 Å². The minimum absolute atomic E-state index is 0. The van der Waals surface area contributed by atoms with Crippen molar-refractivity contribution in [1.82, 2.24) is 19.5 Å². The van der Waals surface area contributed by atoms with Crippen molar-refractivity contribution >= 4 is 46.4 Å². The molecular formula is C50H54IrN4OSi-2. The monoisotopic (exact) mass is 947 g/mol. The van der Waals surface area contributed by atoms with Crippen molar-refractivity contribution in [1.29, 1.82) is 0 Å². The summed E-state index contributed by atoms with van der Waals surface area (Å²) in [5.41, 5.74) is 12.9. The fraction of sp³-hybridized carbons (Fsp3) is 0.300. The molecule has 4 aromatic carbocycles. The predicted molar refractivity (Wildman–Crippen MR) is 238 cm³/mol. The summed E-state index contributed by atoms with van der Waals surface area (Å²) in [6.45, 7) is 25.1. The van der Waals surface area contributed by atoms with E-state index in [9.17, 15) is 0 Å². The molecule has 4 heterocycles. The number of pyridine rings is 2. The molecule has 0 amide bonds.